The lowest BCUT2D eigenvalue weighted by molar-refractivity contribution is -0.384. The van der Waals surface area contributed by atoms with Crippen LogP contribution in [0, 0.1) is 10.1 Å². The smallest absolute Gasteiger partial charge is 0.336 e. The van der Waals surface area contributed by atoms with Crippen molar-refractivity contribution in [2.24, 2.45) is 4.99 Å². The molecule has 0 aliphatic carbocycles. The minimum Gasteiger partial charge on any atom is -0.463 e. The number of allylic oxidation sites excluding steroid dienone is 2. The number of aliphatic imine (C=N–C) groups is 1. The molecule has 2 aromatic carbocycles. The second-order valence-corrected chi connectivity index (χ2v) is 7.28. The van der Waals surface area contributed by atoms with Gasteiger partial charge in [0, 0.05) is 41.6 Å². The molecule has 33 heavy (non-hydrogen) atoms. The molecule has 10 heteroatoms. The van der Waals surface area contributed by atoms with Crippen molar-refractivity contribution < 1.29 is 24.0 Å². The molecule has 0 radical (unpaired) electrons. The molecule has 0 saturated heterocycles. The number of anilines is 1. The Morgan fingerprint density at radius 2 is 2.06 bits per heavy atom. The SMILES string of the molecule is CCOC(=O)C1=C(C)NC2=C(C=Nc3cc(OC=O)ccc3N2)[C@@H]1c1cccc([N+](=O)[O-])c1. The Hall–Kier alpha value is -4.47. The van der Waals surface area contributed by atoms with Gasteiger partial charge in [-0.05, 0) is 31.5 Å². The van der Waals surface area contributed by atoms with E-state index in [-0.39, 0.29) is 12.3 Å². The summed E-state index contributed by atoms with van der Waals surface area (Å²) in [5.74, 6) is -0.297. The van der Waals surface area contributed by atoms with Gasteiger partial charge in [0.15, 0.2) is 0 Å². The van der Waals surface area contributed by atoms with E-state index in [9.17, 15) is 19.7 Å². The lowest BCUT2D eigenvalue weighted by atomic mass is 9.81. The first kappa shape index (κ1) is 21.8. The van der Waals surface area contributed by atoms with Crippen molar-refractivity contribution in [1.29, 1.82) is 0 Å². The number of nitro benzene ring substituents is 1. The summed E-state index contributed by atoms with van der Waals surface area (Å²) >= 11 is 0. The molecule has 0 spiro atoms. The zero-order chi connectivity index (χ0) is 23.5. The standard InChI is InChI=1S/C23H20N4O6/c1-3-32-23(29)20-13(2)25-22-17(21(20)14-5-4-6-15(9-14)27(30)31)11-24-19-10-16(33-12-28)7-8-18(19)26-22/h4-12,21,25-26H,3H2,1-2H3/t21-/m0/s1. The van der Waals surface area contributed by atoms with E-state index < -0.39 is 16.8 Å². The number of carbonyl (C=O) groups excluding carboxylic acids is 2. The maximum Gasteiger partial charge on any atom is 0.336 e. The van der Waals surface area contributed by atoms with Crippen LogP contribution in [0.3, 0.4) is 0 Å². The van der Waals surface area contributed by atoms with Crippen LogP contribution in [-0.4, -0.2) is 30.2 Å². The Labute approximate surface area is 188 Å². The third-order valence-electron chi connectivity index (χ3n) is 5.27. The van der Waals surface area contributed by atoms with Gasteiger partial charge in [-0.25, -0.2) is 4.79 Å². The molecule has 2 aromatic rings. The molecule has 2 aliphatic rings. The molecule has 0 unspecified atom stereocenters. The van der Waals surface area contributed by atoms with Crippen molar-refractivity contribution in [2.45, 2.75) is 19.8 Å². The average Bonchev–Trinajstić information content (AvgIpc) is 2.97. The summed E-state index contributed by atoms with van der Waals surface area (Å²) < 4.78 is 10.2. The normalized spacial score (nSPS) is 16.6. The fourth-order valence-electron chi connectivity index (χ4n) is 3.86. The number of ether oxygens (including phenoxy) is 2. The summed E-state index contributed by atoms with van der Waals surface area (Å²) in [5, 5.41) is 17.9. The third kappa shape index (κ3) is 4.18. The predicted molar refractivity (Wildman–Crippen MR) is 120 cm³/mol. The van der Waals surface area contributed by atoms with E-state index >= 15 is 0 Å². The number of nitrogens with one attached hydrogen (secondary N) is 2. The Balaban J connectivity index is 1.85. The van der Waals surface area contributed by atoms with E-state index in [1.54, 1.807) is 50.4 Å². The van der Waals surface area contributed by atoms with E-state index in [1.165, 1.54) is 12.1 Å². The van der Waals surface area contributed by atoms with Crippen molar-refractivity contribution in [2.75, 3.05) is 11.9 Å². The maximum atomic E-state index is 12.9. The number of fused-ring (bicyclic) bond motifs is 1. The predicted octanol–water partition coefficient (Wildman–Crippen LogP) is 3.69. The summed E-state index contributed by atoms with van der Waals surface area (Å²) in [6.07, 6.45) is 1.58. The Bertz CT molecular complexity index is 1250. The van der Waals surface area contributed by atoms with E-state index in [0.29, 0.717) is 51.8 Å². The van der Waals surface area contributed by atoms with Gasteiger partial charge in [0.05, 0.1) is 28.5 Å². The lowest BCUT2D eigenvalue weighted by Gasteiger charge is -2.30. The highest BCUT2D eigenvalue weighted by Crippen LogP contribution is 2.42. The lowest BCUT2D eigenvalue weighted by Crippen LogP contribution is -2.33. The number of hydrogen-bond donors (Lipinski definition) is 2. The van der Waals surface area contributed by atoms with Crippen LogP contribution >= 0.6 is 0 Å². The van der Waals surface area contributed by atoms with Crippen LogP contribution in [0.2, 0.25) is 0 Å². The molecule has 0 fully saturated rings. The van der Waals surface area contributed by atoms with Crippen molar-refractivity contribution in [1.82, 2.24) is 5.32 Å². The second kappa shape index (κ2) is 8.95. The monoisotopic (exact) mass is 448 g/mol. The van der Waals surface area contributed by atoms with E-state index in [0.717, 1.165) is 0 Å². The number of dihydropyridines is 1. The summed E-state index contributed by atoms with van der Waals surface area (Å²) in [5.41, 5.74) is 3.09. The van der Waals surface area contributed by atoms with Crippen LogP contribution in [0.25, 0.3) is 0 Å². The van der Waals surface area contributed by atoms with Crippen LogP contribution in [0.4, 0.5) is 17.1 Å². The molecular weight excluding hydrogens is 428 g/mol. The quantitative estimate of drug-likeness (QED) is 0.296. The van der Waals surface area contributed by atoms with Crippen molar-refractivity contribution in [3.05, 3.63) is 80.8 Å². The fraction of sp³-hybridized carbons (Fsp3) is 0.174. The number of carbonyl (C=O) groups is 2. The van der Waals surface area contributed by atoms with Crippen LogP contribution in [0.5, 0.6) is 5.75 Å². The number of esters is 1. The molecule has 4 rings (SSSR count). The number of nitrogens with zero attached hydrogens (tertiary/aromatic N) is 2. The maximum absolute atomic E-state index is 12.9. The van der Waals surface area contributed by atoms with Crippen LogP contribution in [0.15, 0.2) is 70.1 Å². The highest BCUT2D eigenvalue weighted by molar-refractivity contribution is 5.99. The first-order valence-corrected chi connectivity index (χ1v) is 10.1. The molecule has 10 nitrogen and oxygen atoms in total. The van der Waals surface area contributed by atoms with Gasteiger partial charge in [0.2, 0.25) is 0 Å². The molecule has 0 bridgehead atoms. The summed E-state index contributed by atoms with van der Waals surface area (Å²) in [4.78, 5) is 39.0. The number of rotatable bonds is 6. The molecule has 0 aromatic heterocycles. The number of non-ortho nitro benzene ring substituents is 1. The van der Waals surface area contributed by atoms with Gasteiger partial charge in [-0.1, -0.05) is 12.1 Å². The van der Waals surface area contributed by atoms with Gasteiger partial charge < -0.3 is 20.1 Å². The van der Waals surface area contributed by atoms with Crippen LogP contribution in [0.1, 0.15) is 25.3 Å². The van der Waals surface area contributed by atoms with Gasteiger partial charge in [-0.2, -0.15) is 0 Å². The molecule has 168 valence electrons. The first-order chi connectivity index (χ1) is 15.9. The molecule has 0 amide bonds. The zero-order valence-electron chi connectivity index (χ0n) is 17.8. The Kier molecular flexibility index (Phi) is 5.90. The van der Waals surface area contributed by atoms with Crippen LogP contribution < -0.4 is 15.4 Å². The summed E-state index contributed by atoms with van der Waals surface area (Å²) in [7, 11) is 0. The van der Waals surface area contributed by atoms with Crippen molar-refractivity contribution >= 4 is 35.7 Å². The Morgan fingerprint density at radius 3 is 2.79 bits per heavy atom. The van der Waals surface area contributed by atoms with E-state index in [2.05, 4.69) is 15.6 Å². The first-order valence-electron chi connectivity index (χ1n) is 10.1. The van der Waals surface area contributed by atoms with Crippen molar-refractivity contribution in [3.8, 4) is 5.75 Å². The van der Waals surface area contributed by atoms with E-state index in [4.69, 9.17) is 9.47 Å². The molecule has 0 saturated carbocycles. The topological polar surface area (TPSA) is 132 Å². The number of benzene rings is 2. The molecular formula is C23H20N4O6. The molecule has 1 atom stereocenters. The fourth-order valence-corrected chi connectivity index (χ4v) is 3.86. The molecule has 2 N–H and O–H groups in total. The average molecular weight is 448 g/mol. The third-order valence-corrected chi connectivity index (χ3v) is 5.27. The summed E-state index contributed by atoms with van der Waals surface area (Å²) in [6.45, 7) is 3.96. The second-order valence-electron chi connectivity index (χ2n) is 7.28. The van der Waals surface area contributed by atoms with Gasteiger partial charge in [-0.3, -0.25) is 19.9 Å². The highest BCUT2D eigenvalue weighted by Gasteiger charge is 2.36. The van der Waals surface area contributed by atoms with Crippen molar-refractivity contribution in [3.63, 3.8) is 0 Å². The van der Waals surface area contributed by atoms with Gasteiger partial charge in [0.25, 0.3) is 12.2 Å². The zero-order valence-corrected chi connectivity index (χ0v) is 17.8. The van der Waals surface area contributed by atoms with Gasteiger partial charge in [0.1, 0.15) is 11.6 Å². The van der Waals surface area contributed by atoms with Crippen LogP contribution in [-0.2, 0) is 14.3 Å². The van der Waals surface area contributed by atoms with E-state index in [1.807, 2.05) is 0 Å². The highest BCUT2D eigenvalue weighted by atomic mass is 16.6. The van der Waals surface area contributed by atoms with Gasteiger partial charge >= 0.3 is 5.97 Å². The van der Waals surface area contributed by atoms with Gasteiger partial charge in [-0.15, -0.1) is 0 Å². The molecule has 2 aliphatic heterocycles. The minimum absolute atomic E-state index is 0.0912. The number of nitro groups is 1. The minimum atomic E-state index is -0.670. The largest absolute Gasteiger partial charge is 0.463 e. The molecule has 2 heterocycles. The Morgan fingerprint density at radius 1 is 1.24 bits per heavy atom. The summed E-state index contributed by atoms with van der Waals surface area (Å²) in [6, 6.07) is 11.1. The number of hydrogen-bond acceptors (Lipinski definition) is 9.